The fraction of sp³-hybridized carbons (Fsp3) is 1.00. The number of piperidine rings is 1. The Labute approximate surface area is 136 Å². The molecule has 1 aliphatic heterocycles. The molecule has 0 bridgehead atoms. The summed E-state index contributed by atoms with van der Waals surface area (Å²) in [6.07, 6.45) is 8.73. The zero-order valence-electron chi connectivity index (χ0n) is 14.3. The van der Waals surface area contributed by atoms with Gasteiger partial charge in [0.2, 0.25) is 0 Å². The number of nitrogens with two attached hydrogens (primary N) is 1. The zero-order chi connectivity index (χ0) is 15.7. The Morgan fingerprint density at radius 1 is 0.818 bits per heavy atom. The monoisotopic (exact) mass is 314 g/mol. The molecule has 132 valence electrons. The van der Waals surface area contributed by atoms with Gasteiger partial charge in [-0.2, -0.15) is 0 Å². The number of hydrogen-bond acceptors (Lipinski definition) is 6. The van der Waals surface area contributed by atoms with Crippen molar-refractivity contribution < 1.29 is 0 Å². The largest absolute Gasteiger partial charge is 0.330 e. The van der Waals surface area contributed by atoms with Crippen molar-refractivity contribution in [3.8, 4) is 0 Å². The topological polar surface area (TPSA) is 86.2 Å². The number of hydrazine groups is 1. The molecule has 1 heterocycles. The summed E-state index contributed by atoms with van der Waals surface area (Å²) in [5, 5.41) is 10.4. The van der Waals surface area contributed by atoms with Crippen LogP contribution >= 0.6 is 0 Å². The first kappa shape index (κ1) is 19.8. The molecule has 1 saturated heterocycles. The second-order valence-corrected chi connectivity index (χ2v) is 6.16. The third kappa shape index (κ3) is 12.3. The molecule has 0 radical (unpaired) electrons. The molecule has 1 unspecified atom stereocenters. The molecule has 7 N–H and O–H groups in total. The highest BCUT2D eigenvalue weighted by Gasteiger charge is 2.10. The number of hydrogen-bond donors (Lipinski definition) is 6. The number of unbranched alkanes of at least 4 members (excludes halogenated alkanes) is 1. The van der Waals surface area contributed by atoms with Gasteiger partial charge in [-0.05, 0) is 77.8 Å². The summed E-state index contributed by atoms with van der Waals surface area (Å²) in [5.74, 6) is 0. The predicted molar refractivity (Wildman–Crippen MR) is 94.9 cm³/mol. The molecule has 6 heteroatoms. The zero-order valence-corrected chi connectivity index (χ0v) is 14.3. The van der Waals surface area contributed by atoms with Crippen LogP contribution in [0.3, 0.4) is 0 Å². The van der Waals surface area contributed by atoms with E-state index in [1.165, 1.54) is 45.1 Å². The van der Waals surface area contributed by atoms with Gasteiger partial charge in [-0.1, -0.05) is 6.42 Å². The molecule has 0 spiro atoms. The Balaban J connectivity index is 1.68. The lowest BCUT2D eigenvalue weighted by atomic mass is 10.1. The van der Waals surface area contributed by atoms with Gasteiger partial charge in [0.1, 0.15) is 0 Å². The molecule has 1 fully saturated rings. The normalized spacial score (nSPS) is 18.7. The third-order valence-corrected chi connectivity index (χ3v) is 4.06. The van der Waals surface area contributed by atoms with Crippen LogP contribution in [0.1, 0.15) is 44.9 Å². The van der Waals surface area contributed by atoms with Crippen molar-refractivity contribution in [2.45, 2.75) is 51.0 Å². The standard InChI is InChI=1S/C16H38N6/c17-8-5-11-18-9-3-4-10-19-12-6-14-21-22-15-16-7-1-2-13-20-16/h16,18-22H,1-15,17H2. The van der Waals surface area contributed by atoms with E-state index in [-0.39, 0.29) is 0 Å². The molecule has 6 nitrogen and oxygen atoms in total. The van der Waals surface area contributed by atoms with Crippen molar-refractivity contribution in [3.05, 3.63) is 0 Å². The molecule has 0 aromatic rings. The molecule has 0 aromatic heterocycles. The maximum absolute atomic E-state index is 5.44. The van der Waals surface area contributed by atoms with Crippen molar-refractivity contribution in [2.75, 3.05) is 52.4 Å². The van der Waals surface area contributed by atoms with Gasteiger partial charge < -0.3 is 21.7 Å². The van der Waals surface area contributed by atoms with Crippen molar-refractivity contribution in [2.24, 2.45) is 5.73 Å². The number of nitrogens with one attached hydrogen (secondary N) is 5. The SMILES string of the molecule is NCCCNCCCCNCCCNNCC1CCCCN1. The van der Waals surface area contributed by atoms with E-state index < -0.39 is 0 Å². The molecule has 0 saturated carbocycles. The smallest absolute Gasteiger partial charge is 0.0254 e. The number of rotatable bonds is 15. The van der Waals surface area contributed by atoms with E-state index in [0.29, 0.717) is 6.04 Å². The Morgan fingerprint density at radius 3 is 2.23 bits per heavy atom. The van der Waals surface area contributed by atoms with Crippen LogP contribution in [0.4, 0.5) is 0 Å². The van der Waals surface area contributed by atoms with E-state index in [1.807, 2.05) is 0 Å². The lowest BCUT2D eigenvalue weighted by Gasteiger charge is -2.23. The van der Waals surface area contributed by atoms with Crippen molar-refractivity contribution in [3.63, 3.8) is 0 Å². The van der Waals surface area contributed by atoms with Crippen molar-refractivity contribution >= 4 is 0 Å². The third-order valence-electron chi connectivity index (χ3n) is 4.06. The van der Waals surface area contributed by atoms with Crippen LogP contribution in [0.25, 0.3) is 0 Å². The Morgan fingerprint density at radius 2 is 1.55 bits per heavy atom. The highest BCUT2D eigenvalue weighted by molar-refractivity contribution is 4.73. The summed E-state index contributed by atoms with van der Waals surface area (Å²) in [4.78, 5) is 0. The van der Waals surface area contributed by atoms with Gasteiger partial charge in [-0.25, -0.2) is 0 Å². The minimum absolute atomic E-state index is 0.651. The summed E-state index contributed by atoms with van der Waals surface area (Å²) in [6, 6.07) is 0.651. The van der Waals surface area contributed by atoms with Crippen molar-refractivity contribution in [1.29, 1.82) is 0 Å². The predicted octanol–water partition coefficient (Wildman–Crippen LogP) is -0.0790. The van der Waals surface area contributed by atoms with Gasteiger partial charge in [-0.15, -0.1) is 0 Å². The maximum atomic E-state index is 5.44. The van der Waals surface area contributed by atoms with E-state index in [4.69, 9.17) is 5.73 Å². The second kappa shape index (κ2) is 15.6. The minimum Gasteiger partial charge on any atom is -0.330 e. The molecule has 1 rings (SSSR count). The van der Waals surface area contributed by atoms with E-state index in [1.54, 1.807) is 0 Å². The van der Waals surface area contributed by atoms with Gasteiger partial charge in [0, 0.05) is 19.1 Å². The lowest BCUT2D eigenvalue weighted by molar-refractivity contribution is 0.363. The highest BCUT2D eigenvalue weighted by Crippen LogP contribution is 2.05. The first-order chi connectivity index (χ1) is 10.9. The summed E-state index contributed by atoms with van der Waals surface area (Å²) < 4.78 is 0. The molecule has 22 heavy (non-hydrogen) atoms. The van der Waals surface area contributed by atoms with Crippen LogP contribution in [0.5, 0.6) is 0 Å². The van der Waals surface area contributed by atoms with Crippen LogP contribution in [0, 0.1) is 0 Å². The van der Waals surface area contributed by atoms with Crippen LogP contribution in [-0.4, -0.2) is 58.4 Å². The summed E-state index contributed by atoms with van der Waals surface area (Å²) in [7, 11) is 0. The van der Waals surface area contributed by atoms with Gasteiger partial charge in [-0.3, -0.25) is 10.9 Å². The molecule has 1 atom stereocenters. The van der Waals surface area contributed by atoms with E-state index in [2.05, 4.69) is 26.8 Å². The molecular formula is C16H38N6. The molecule has 0 aliphatic carbocycles. The van der Waals surface area contributed by atoms with Crippen LogP contribution in [-0.2, 0) is 0 Å². The minimum atomic E-state index is 0.651. The Bertz CT molecular complexity index is 221. The lowest BCUT2D eigenvalue weighted by Crippen LogP contribution is -2.46. The van der Waals surface area contributed by atoms with Crippen LogP contribution in [0.2, 0.25) is 0 Å². The summed E-state index contributed by atoms with van der Waals surface area (Å²) in [6.45, 7) is 8.41. The fourth-order valence-electron chi connectivity index (χ4n) is 2.66. The Kier molecular flexibility index (Phi) is 14.1. The molecular weight excluding hydrogens is 276 g/mol. The van der Waals surface area contributed by atoms with Crippen molar-refractivity contribution in [1.82, 2.24) is 26.8 Å². The van der Waals surface area contributed by atoms with Gasteiger partial charge >= 0.3 is 0 Å². The molecule has 0 amide bonds. The summed E-state index contributed by atoms with van der Waals surface area (Å²) >= 11 is 0. The van der Waals surface area contributed by atoms with E-state index in [0.717, 1.165) is 52.2 Å². The molecule has 0 aromatic carbocycles. The van der Waals surface area contributed by atoms with Gasteiger partial charge in [0.25, 0.3) is 0 Å². The van der Waals surface area contributed by atoms with Crippen LogP contribution < -0.4 is 32.5 Å². The van der Waals surface area contributed by atoms with Crippen LogP contribution in [0.15, 0.2) is 0 Å². The first-order valence-electron chi connectivity index (χ1n) is 9.24. The summed E-state index contributed by atoms with van der Waals surface area (Å²) in [5.41, 5.74) is 12.1. The van der Waals surface area contributed by atoms with E-state index in [9.17, 15) is 0 Å². The second-order valence-electron chi connectivity index (χ2n) is 6.16. The molecule has 1 aliphatic rings. The van der Waals surface area contributed by atoms with E-state index >= 15 is 0 Å². The first-order valence-corrected chi connectivity index (χ1v) is 9.24. The van der Waals surface area contributed by atoms with Gasteiger partial charge in [0.05, 0.1) is 0 Å². The highest BCUT2D eigenvalue weighted by atomic mass is 15.4. The fourth-order valence-corrected chi connectivity index (χ4v) is 2.66. The van der Waals surface area contributed by atoms with Gasteiger partial charge in [0.15, 0.2) is 0 Å². The quantitative estimate of drug-likeness (QED) is 0.187. The Hall–Kier alpha value is -0.240. The maximum Gasteiger partial charge on any atom is 0.0254 e. The average Bonchev–Trinajstić information content (AvgIpc) is 2.56. The average molecular weight is 315 g/mol.